The number of hydrogen-bond acceptors (Lipinski definition) is 4. The van der Waals surface area contributed by atoms with Crippen LogP contribution in [-0.2, 0) is 11.3 Å². The summed E-state index contributed by atoms with van der Waals surface area (Å²) < 4.78 is 10.7. The lowest BCUT2D eigenvalue weighted by atomic mass is 9.98. The summed E-state index contributed by atoms with van der Waals surface area (Å²) in [5, 5.41) is 11.6. The summed E-state index contributed by atoms with van der Waals surface area (Å²) >= 11 is 0. The second-order valence-electron chi connectivity index (χ2n) is 6.71. The van der Waals surface area contributed by atoms with Gasteiger partial charge in [0, 0.05) is 11.5 Å². The lowest BCUT2D eigenvalue weighted by Crippen LogP contribution is -2.25. The fraction of sp³-hybridized carbons (Fsp3) is 0.182. The van der Waals surface area contributed by atoms with Crippen LogP contribution >= 0.6 is 0 Å². The number of benzene rings is 2. The quantitative estimate of drug-likeness (QED) is 0.691. The van der Waals surface area contributed by atoms with Crippen molar-refractivity contribution in [1.82, 2.24) is 5.32 Å². The number of carboxylic acids is 1. The van der Waals surface area contributed by atoms with Crippen molar-refractivity contribution >= 4 is 12.1 Å². The molecule has 1 aliphatic carbocycles. The SMILES string of the molecule is Cc1cc(CNC(=O)OCC2c3ccccc3-c3ccccc32)oc1C(=O)O. The molecule has 0 saturated carbocycles. The first kappa shape index (κ1) is 17.9. The first-order valence-electron chi connectivity index (χ1n) is 8.96. The number of carbonyl (C=O) groups is 2. The minimum atomic E-state index is -1.13. The zero-order valence-electron chi connectivity index (χ0n) is 15.3. The Balaban J connectivity index is 1.40. The van der Waals surface area contributed by atoms with Crippen LogP contribution in [0.2, 0.25) is 0 Å². The topological polar surface area (TPSA) is 88.8 Å². The predicted molar refractivity (Wildman–Crippen MR) is 102 cm³/mol. The number of carbonyl (C=O) groups excluding carboxylic acids is 1. The van der Waals surface area contributed by atoms with E-state index in [1.54, 1.807) is 13.0 Å². The largest absolute Gasteiger partial charge is 0.475 e. The molecule has 0 fully saturated rings. The molecule has 4 rings (SSSR count). The third kappa shape index (κ3) is 3.24. The molecule has 0 spiro atoms. The van der Waals surface area contributed by atoms with Gasteiger partial charge in [-0.25, -0.2) is 9.59 Å². The Kier molecular flexibility index (Phi) is 4.61. The molecule has 1 aliphatic rings. The van der Waals surface area contributed by atoms with Crippen LogP contribution in [0.25, 0.3) is 11.1 Å². The van der Waals surface area contributed by atoms with Gasteiger partial charge in [-0.05, 0) is 35.2 Å². The molecule has 0 unspecified atom stereocenters. The van der Waals surface area contributed by atoms with E-state index in [9.17, 15) is 9.59 Å². The summed E-state index contributed by atoms with van der Waals surface area (Å²) in [4.78, 5) is 23.1. The standard InChI is InChI=1S/C22H19NO5/c1-13-10-14(28-20(13)21(24)25)11-23-22(26)27-12-19-17-8-4-2-6-15(17)16-7-3-5-9-18(16)19/h2-10,19H,11-12H2,1H3,(H,23,26)(H,24,25). The van der Waals surface area contributed by atoms with E-state index in [1.807, 2.05) is 24.3 Å². The Labute approximate surface area is 161 Å². The van der Waals surface area contributed by atoms with E-state index in [0.29, 0.717) is 11.3 Å². The molecule has 0 atom stereocenters. The summed E-state index contributed by atoms with van der Waals surface area (Å²) in [7, 11) is 0. The molecule has 0 aliphatic heterocycles. The highest BCUT2D eigenvalue weighted by Gasteiger charge is 2.29. The van der Waals surface area contributed by atoms with Crippen LogP contribution in [0.4, 0.5) is 4.79 Å². The van der Waals surface area contributed by atoms with Crippen LogP contribution in [0.3, 0.4) is 0 Å². The fourth-order valence-electron chi connectivity index (χ4n) is 3.66. The number of fused-ring (bicyclic) bond motifs is 3. The van der Waals surface area contributed by atoms with Crippen LogP contribution < -0.4 is 5.32 Å². The van der Waals surface area contributed by atoms with Crippen LogP contribution in [0.5, 0.6) is 0 Å². The second-order valence-corrected chi connectivity index (χ2v) is 6.71. The highest BCUT2D eigenvalue weighted by Crippen LogP contribution is 2.44. The van der Waals surface area contributed by atoms with Gasteiger partial charge < -0.3 is 19.6 Å². The summed E-state index contributed by atoms with van der Waals surface area (Å²) in [5.74, 6) is -0.903. The van der Waals surface area contributed by atoms with Gasteiger partial charge in [0.25, 0.3) is 0 Å². The number of alkyl carbamates (subject to hydrolysis) is 1. The molecule has 2 N–H and O–H groups in total. The van der Waals surface area contributed by atoms with Crippen molar-refractivity contribution < 1.29 is 23.8 Å². The van der Waals surface area contributed by atoms with Crippen molar-refractivity contribution in [2.45, 2.75) is 19.4 Å². The molecule has 6 heteroatoms. The first-order chi connectivity index (χ1) is 13.5. The molecule has 0 saturated heterocycles. The molecule has 6 nitrogen and oxygen atoms in total. The van der Waals surface area contributed by atoms with Crippen molar-refractivity contribution in [1.29, 1.82) is 0 Å². The summed E-state index contributed by atoms with van der Waals surface area (Å²) in [6.45, 7) is 1.92. The minimum Gasteiger partial charge on any atom is -0.475 e. The van der Waals surface area contributed by atoms with Gasteiger partial charge in [0.15, 0.2) is 0 Å². The maximum absolute atomic E-state index is 12.1. The van der Waals surface area contributed by atoms with Gasteiger partial charge in [0.2, 0.25) is 5.76 Å². The third-order valence-electron chi connectivity index (χ3n) is 4.91. The Morgan fingerprint density at radius 3 is 2.25 bits per heavy atom. The molecular formula is C22H19NO5. The summed E-state index contributed by atoms with van der Waals surface area (Å²) in [6, 6.07) is 17.8. The molecule has 1 aromatic heterocycles. The van der Waals surface area contributed by atoms with Gasteiger partial charge in [-0.3, -0.25) is 0 Å². The van der Waals surface area contributed by atoms with Gasteiger partial charge in [-0.15, -0.1) is 0 Å². The Hall–Kier alpha value is -3.54. The number of rotatable bonds is 5. The Morgan fingerprint density at radius 2 is 1.68 bits per heavy atom. The molecular weight excluding hydrogens is 358 g/mol. The van der Waals surface area contributed by atoms with Gasteiger partial charge in [-0.2, -0.15) is 0 Å². The number of aryl methyl sites for hydroxylation is 1. The monoisotopic (exact) mass is 377 g/mol. The lowest BCUT2D eigenvalue weighted by molar-refractivity contribution is 0.0659. The highest BCUT2D eigenvalue weighted by atomic mass is 16.5. The Bertz CT molecular complexity index is 1010. The maximum atomic E-state index is 12.1. The zero-order chi connectivity index (χ0) is 19.7. The van der Waals surface area contributed by atoms with Crippen LogP contribution in [-0.4, -0.2) is 23.8 Å². The van der Waals surface area contributed by atoms with E-state index >= 15 is 0 Å². The lowest BCUT2D eigenvalue weighted by Gasteiger charge is -2.14. The molecule has 1 heterocycles. The minimum absolute atomic E-state index is 0.0115. The number of hydrogen-bond donors (Lipinski definition) is 2. The number of amides is 1. The summed E-state index contributed by atoms with van der Waals surface area (Å²) in [6.07, 6.45) is -0.576. The van der Waals surface area contributed by atoms with Crippen LogP contribution in [0.1, 0.15) is 38.9 Å². The van der Waals surface area contributed by atoms with E-state index < -0.39 is 12.1 Å². The van der Waals surface area contributed by atoms with Crippen molar-refractivity contribution in [2.24, 2.45) is 0 Å². The zero-order valence-corrected chi connectivity index (χ0v) is 15.3. The average molecular weight is 377 g/mol. The average Bonchev–Trinajstić information content (AvgIpc) is 3.23. The molecule has 1 amide bonds. The van der Waals surface area contributed by atoms with E-state index in [4.69, 9.17) is 14.3 Å². The molecule has 3 aromatic rings. The van der Waals surface area contributed by atoms with E-state index in [-0.39, 0.29) is 24.8 Å². The number of ether oxygens (including phenoxy) is 1. The maximum Gasteiger partial charge on any atom is 0.407 e. The number of nitrogens with one attached hydrogen (secondary N) is 1. The van der Waals surface area contributed by atoms with Crippen molar-refractivity contribution in [3.05, 3.63) is 82.8 Å². The van der Waals surface area contributed by atoms with Crippen molar-refractivity contribution in [3.8, 4) is 11.1 Å². The van der Waals surface area contributed by atoms with Gasteiger partial charge >= 0.3 is 12.1 Å². The van der Waals surface area contributed by atoms with Crippen LogP contribution in [0, 0.1) is 6.92 Å². The van der Waals surface area contributed by atoms with Gasteiger partial charge in [0.1, 0.15) is 12.4 Å². The summed E-state index contributed by atoms with van der Waals surface area (Å²) in [5.41, 5.74) is 5.13. The van der Waals surface area contributed by atoms with E-state index in [0.717, 1.165) is 11.1 Å². The molecule has 0 bridgehead atoms. The molecule has 28 heavy (non-hydrogen) atoms. The van der Waals surface area contributed by atoms with Crippen LogP contribution in [0.15, 0.2) is 59.0 Å². The molecule has 142 valence electrons. The number of furan rings is 1. The molecule has 2 aromatic carbocycles. The van der Waals surface area contributed by atoms with E-state index in [2.05, 4.69) is 29.6 Å². The fourth-order valence-corrected chi connectivity index (χ4v) is 3.66. The number of carboxylic acid groups (broad SMARTS) is 1. The first-order valence-corrected chi connectivity index (χ1v) is 8.96. The smallest absolute Gasteiger partial charge is 0.407 e. The number of aromatic carboxylic acids is 1. The predicted octanol–water partition coefficient (Wildman–Crippen LogP) is 4.32. The molecule has 0 radical (unpaired) electrons. The van der Waals surface area contributed by atoms with Crippen molar-refractivity contribution in [2.75, 3.05) is 6.61 Å². The third-order valence-corrected chi connectivity index (χ3v) is 4.91. The normalized spacial score (nSPS) is 12.3. The van der Waals surface area contributed by atoms with Gasteiger partial charge in [0.05, 0.1) is 6.54 Å². The van der Waals surface area contributed by atoms with E-state index in [1.165, 1.54) is 11.1 Å². The Morgan fingerprint density at radius 1 is 1.07 bits per heavy atom. The highest BCUT2D eigenvalue weighted by molar-refractivity contribution is 5.86. The van der Waals surface area contributed by atoms with Gasteiger partial charge in [-0.1, -0.05) is 48.5 Å². The second kappa shape index (κ2) is 7.23. The van der Waals surface area contributed by atoms with Crippen molar-refractivity contribution in [3.63, 3.8) is 0 Å².